The standard InChI is InChI=1S/C12H15N5/c13-10-3-5-17(8-10)12-6-11(15-16-12)9-2-1-4-14-7-9/h1-2,4,6-7,10H,3,5,8,13H2,(H,15,16). The predicted molar refractivity (Wildman–Crippen MR) is 66.6 cm³/mol. The third-order valence-corrected chi connectivity index (χ3v) is 3.09. The first-order valence-corrected chi connectivity index (χ1v) is 5.79. The lowest BCUT2D eigenvalue weighted by atomic mass is 10.2. The van der Waals surface area contributed by atoms with E-state index in [0.717, 1.165) is 36.6 Å². The third kappa shape index (κ3) is 2.01. The highest BCUT2D eigenvalue weighted by atomic mass is 15.3. The first-order valence-electron chi connectivity index (χ1n) is 5.79. The van der Waals surface area contributed by atoms with Crippen LogP contribution in [-0.4, -0.2) is 34.3 Å². The molecule has 1 unspecified atom stereocenters. The van der Waals surface area contributed by atoms with Crippen molar-refractivity contribution in [1.82, 2.24) is 15.2 Å². The van der Waals surface area contributed by atoms with E-state index in [1.54, 1.807) is 6.20 Å². The Labute approximate surface area is 99.7 Å². The maximum absolute atomic E-state index is 5.89. The van der Waals surface area contributed by atoms with E-state index >= 15 is 0 Å². The number of H-pyrrole nitrogens is 1. The van der Waals surface area contributed by atoms with Crippen LogP contribution in [0.5, 0.6) is 0 Å². The van der Waals surface area contributed by atoms with Gasteiger partial charge in [-0.05, 0) is 18.6 Å². The van der Waals surface area contributed by atoms with Gasteiger partial charge in [0, 0.05) is 43.2 Å². The van der Waals surface area contributed by atoms with Crippen LogP contribution in [0.2, 0.25) is 0 Å². The van der Waals surface area contributed by atoms with Crippen molar-refractivity contribution in [3.8, 4) is 11.3 Å². The van der Waals surface area contributed by atoms with Gasteiger partial charge in [-0.1, -0.05) is 0 Å². The Bertz CT molecular complexity index is 493. The molecular weight excluding hydrogens is 214 g/mol. The molecule has 0 amide bonds. The summed E-state index contributed by atoms with van der Waals surface area (Å²) in [7, 11) is 0. The minimum absolute atomic E-state index is 0.272. The highest BCUT2D eigenvalue weighted by Gasteiger charge is 2.21. The molecule has 3 rings (SSSR count). The molecule has 0 bridgehead atoms. The van der Waals surface area contributed by atoms with Crippen LogP contribution < -0.4 is 10.6 Å². The second-order valence-electron chi connectivity index (χ2n) is 4.38. The molecule has 0 aromatic carbocycles. The number of hydrogen-bond acceptors (Lipinski definition) is 4. The lowest BCUT2D eigenvalue weighted by Crippen LogP contribution is -2.26. The van der Waals surface area contributed by atoms with Crippen molar-refractivity contribution in [3.63, 3.8) is 0 Å². The zero-order chi connectivity index (χ0) is 11.7. The fourth-order valence-corrected chi connectivity index (χ4v) is 2.14. The molecule has 1 atom stereocenters. The number of pyridine rings is 1. The smallest absolute Gasteiger partial charge is 0.151 e. The first-order chi connectivity index (χ1) is 8.33. The van der Waals surface area contributed by atoms with Gasteiger partial charge in [-0.2, -0.15) is 5.10 Å². The molecule has 17 heavy (non-hydrogen) atoms. The second kappa shape index (κ2) is 4.18. The Morgan fingerprint density at radius 1 is 1.47 bits per heavy atom. The summed E-state index contributed by atoms with van der Waals surface area (Å²) in [4.78, 5) is 6.31. The van der Waals surface area contributed by atoms with E-state index in [4.69, 9.17) is 5.73 Å². The number of rotatable bonds is 2. The van der Waals surface area contributed by atoms with E-state index < -0.39 is 0 Å². The number of nitrogens with one attached hydrogen (secondary N) is 1. The Balaban J connectivity index is 1.84. The predicted octanol–water partition coefficient (Wildman–Crippen LogP) is 1.01. The molecule has 1 aliphatic heterocycles. The van der Waals surface area contributed by atoms with Crippen LogP contribution in [-0.2, 0) is 0 Å². The van der Waals surface area contributed by atoms with Gasteiger partial charge in [0.15, 0.2) is 5.82 Å². The third-order valence-electron chi connectivity index (χ3n) is 3.09. The number of aromatic nitrogens is 3. The van der Waals surface area contributed by atoms with Crippen LogP contribution in [0.3, 0.4) is 0 Å². The largest absolute Gasteiger partial charge is 0.354 e. The Morgan fingerprint density at radius 2 is 2.41 bits per heavy atom. The molecule has 1 fully saturated rings. The van der Waals surface area contributed by atoms with Gasteiger partial charge in [0.25, 0.3) is 0 Å². The zero-order valence-electron chi connectivity index (χ0n) is 9.50. The number of hydrogen-bond donors (Lipinski definition) is 2. The number of aromatic amines is 1. The van der Waals surface area contributed by atoms with E-state index in [2.05, 4.69) is 26.1 Å². The van der Waals surface area contributed by atoms with Crippen molar-refractivity contribution in [1.29, 1.82) is 0 Å². The number of anilines is 1. The minimum atomic E-state index is 0.272. The van der Waals surface area contributed by atoms with Crippen LogP contribution in [0.1, 0.15) is 6.42 Å². The highest BCUT2D eigenvalue weighted by Crippen LogP contribution is 2.23. The van der Waals surface area contributed by atoms with Gasteiger partial charge in [-0.15, -0.1) is 0 Å². The van der Waals surface area contributed by atoms with Crippen molar-refractivity contribution in [2.24, 2.45) is 5.73 Å². The number of nitrogens with zero attached hydrogens (tertiary/aromatic N) is 3. The molecule has 0 spiro atoms. The molecule has 0 saturated carbocycles. The van der Waals surface area contributed by atoms with Gasteiger partial charge >= 0.3 is 0 Å². The molecule has 0 radical (unpaired) electrons. The molecule has 5 heteroatoms. The second-order valence-corrected chi connectivity index (χ2v) is 4.38. The molecule has 88 valence electrons. The quantitative estimate of drug-likeness (QED) is 0.806. The molecule has 0 aliphatic carbocycles. The van der Waals surface area contributed by atoms with Crippen LogP contribution in [0.4, 0.5) is 5.82 Å². The molecule has 2 aromatic rings. The first kappa shape index (κ1) is 10.3. The summed E-state index contributed by atoms with van der Waals surface area (Å²) in [5, 5.41) is 7.37. The molecule has 1 aliphatic rings. The van der Waals surface area contributed by atoms with Crippen LogP contribution in [0, 0.1) is 0 Å². The zero-order valence-corrected chi connectivity index (χ0v) is 9.50. The molecule has 3 heterocycles. The minimum Gasteiger partial charge on any atom is -0.354 e. The van der Waals surface area contributed by atoms with Gasteiger partial charge < -0.3 is 10.6 Å². The van der Waals surface area contributed by atoms with Crippen LogP contribution in [0.25, 0.3) is 11.3 Å². The van der Waals surface area contributed by atoms with Gasteiger partial charge in [0.2, 0.25) is 0 Å². The summed E-state index contributed by atoms with van der Waals surface area (Å²) >= 11 is 0. The van der Waals surface area contributed by atoms with E-state index in [9.17, 15) is 0 Å². The summed E-state index contributed by atoms with van der Waals surface area (Å²) in [5.74, 6) is 0.969. The van der Waals surface area contributed by atoms with Crippen molar-refractivity contribution >= 4 is 5.82 Å². The monoisotopic (exact) mass is 229 g/mol. The summed E-state index contributed by atoms with van der Waals surface area (Å²) < 4.78 is 0. The lowest BCUT2D eigenvalue weighted by Gasteiger charge is -2.13. The van der Waals surface area contributed by atoms with E-state index in [1.807, 2.05) is 18.3 Å². The maximum atomic E-state index is 5.89. The normalized spacial score (nSPS) is 19.8. The van der Waals surface area contributed by atoms with Crippen molar-refractivity contribution in [2.45, 2.75) is 12.5 Å². The molecule has 5 nitrogen and oxygen atoms in total. The van der Waals surface area contributed by atoms with Crippen molar-refractivity contribution in [2.75, 3.05) is 18.0 Å². The summed E-state index contributed by atoms with van der Waals surface area (Å²) in [6, 6.07) is 6.25. The summed E-state index contributed by atoms with van der Waals surface area (Å²) in [6.45, 7) is 1.87. The van der Waals surface area contributed by atoms with E-state index in [1.165, 1.54) is 0 Å². The van der Waals surface area contributed by atoms with Crippen LogP contribution in [0.15, 0.2) is 30.6 Å². The average molecular weight is 229 g/mol. The fourth-order valence-electron chi connectivity index (χ4n) is 2.14. The Hall–Kier alpha value is -1.88. The van der Waals surface area contributed by atoms with Gasteiger partial charge in [0.05, 0.1) is 5.69 Å². The summed E-state index contributed by atoms with van der Waals surface area (Å²) in [6.07, 6.45) is 4.63. The molecule has 2 aromatic heterocycles. The van der Waals surface area contributed by atoms with Gasteiger partial charge in [-0.3, -0.25) is 10.1 Å². The molecular formula is C12H15N5. The lowest BCUT2D eigenvalue weighted by molar-refractivity contribution is 0.751. The molecule has 1 saturated heterocycles. The SMILES string of the molecule is NC1CCN(c2cc(-c3cccnc3)[nH]n2)C1. The van der Waals surface area contributed by atoms with E-state index in [0.29, 0.717) is 0 Å². The van der Waals surface area contributed by atoms with E-state index in [-0.39, 0.29) is 6.04 Å². The Morgan fingerprint density at radius 3 is 3.12 bits per heavy atom. The molecule has 3 N–H and O–H groups in total. The summed E-state index contributed by atoms with van der Waals surface area (Å²) in [5.41, 5.74) is 7.94. The maximum Gasteiger partial charge on any atom is 0.151 e. The highest BCUT2D eigenvalue weighted by molar-refractivity contribution is 5.62. The van der Waals surface area contributed by atoms with Crippen molar-refractivity contribution in [3.05, 3.63) is 30.6 Å². The van der Waals surface area contributed by atoms with Gasteiger partial charge in [-0.25, -0.2) is 0 Å². The fraction of sp³-hybridized carbons (Fsp3) is 0.333. The van der Waals surface area contributed by atoms with Crippen molar-refractivity contribution < 1.29 is 0 Å². The average Bonchev–Trinajstić information content (AvgIpc) is 2.98. The van der Waals surface area contributed by atoms with Crippen LogP contribution >= 0.6 is 0 Å². The number of nitrogens with two attached hydrogens (primary N) is 1. The topological polar surface area (TPSA) is 70.8 Å². The van der Waals surface area contributed by atoms with Gasteiger partial charge in [0.1, 0.15) is 0 Å². The Kier molecular flexibility index (Phi) is 2.53.